The smallest absolute Gasteiger partial charge is 0.162 e. The van der Waals surface area contributed by atoms with E-state index in [2.05, 4.69) is 35.2 Å². The van der Waals surface area contributed by atoms with E-state index in [9.17, 15) is 0 Å². The molecule has 1 atom stereocenters. The minimum absolute atomic E-state index is 0.503. The Bertz CT molecular complexity index is 1000. The number of hydrogen-bond acceptors (Lipinski definition) is 5. The molecule has 5 heteroatoms. The lowest BCUT2D eigenvalue weighted by Gasteiger charge is -2.21. The molecule has 0 bridgehead atoms. The van der Waals surface area contributed by atoms with Crippen LogP contribution in [0.3, 0.4) is 0 Å². The number of hydrogen-bond donors (Lipinski definition) is 0. The molecule has 158 valence electrons. The highest BCUT2D eigenvalue weighted by Gasteiger charge is 2.31. The zero-order valence-corrected chi connectivity index (χ0v) is 18.4. The fourth-order valence-electron chi connectivity index (χ4n) is 4.17. The third-order valence-corrected chi connectivity index (χ3v) is 5.90. The molecule has 3 aromatic rings. The number of anilines is 1. The minimum Gasteiger partial charge on any atom is -0.493 e. The van der Waals surface area contributed by atoms with Crippen molar-refractivity contribution in [2.45, 2.75) is 44.9 Å². The number of nitrogens with zero attached hydrogens (tertiary/aromatic N) is 3. The van der Waals surface area contributed by atoms with Crippen LogP contribution in [0.1, 0.15) is 56.3 Å². The fraction of sp³-hybridized carbons (Fsp3) is 0.440. The van der Waals surface area contributed by atoms with Crippen LogP contribution >= 0.6 is 0 Å². The van der Waals surface area contributed by atoms with Crippen molar-refractivity contribution >= 4 is 16.7 Å². The summed E-state index contributed by atoms with van der Waals surface area (Å²) in [4.78, 5) is 12.3. The minimum atomic E-state index is 0.503. The van der Waals surface area contributed by atoms with Gasteiger partial charge in [-0.05, 0) is 30.9 Å². The van der Waals surface area contributed by atoms with Gasteiger partial charge in [0.1, 0.15) is 11.6 Å². The zero-order valence-electron chi connectivity index (χ0n) is 18.4. The van der Waals surface area contributed by atoms with Gasteiger partial charge < -0.3 is 14.4 Å². The second-order valence-corrected chi connectivity index (χ2v) is 7.75. The van der Waals surface area contributed by atoms with Gasteiger partial charge in [-0.25, -0.2) is 9.97 Å². The van der Waals surface area contributed by atoms with Crippen LogP contribution in [0.2, 0.25) is 0 Å². The first-order chi connectivity index (χ1) is 14.8. The highest BCUT2D eigenvalue weighted by atomic mass is 16.5. The Hall–Kier alpha value is -2.82. The Balaban J connectivity index is 0.00000106. The molecule has 0 spiro atoms. The predicted octanol–water partition coefficient (Wildman–Crippen LogP) is 5.54. The maximum absolute atomic E-state index is 5.54. The third-order valence-electron chi connectivity index (χ3n) is 5.90. The third kappa shape index (κ3) is 3.93. The molecule has 1 saturated carbocycles. The molecule has 2 fully saturated rings. The van der Waals surface area contributed by atoms with Crippen LogP contribution in [0.5, 0.6) is 11.5 Å². The number of fused-ring (bicyclic) bond motifs is 1. The van der Waals surface area contributed by atoms with Gasteiger partial charge in [0.2, 0.25) is 0 Å². The molecule has 0 N–H and O–H groups in total. The normalized spacial score (nSPS) is 18.1. The number of benzene rings is 2. The maximum Gasteiger partial charge on any atom is 0.162 e. The van der Waals surface area contributed by atoms with Crippen molar-refractivity contribution in [3.05, 3.63) is 53.9 Å². The van der Waals surface area contributed by atoms with Gasteiger partial charge in [0.25, 0.3) is 0 Å². The summed E-state index contributed by atoms with van der Waals surface area (Å²) in [6, 6.07) is 14.8. The summed E-state index contributed by atoms with van der Waals surface area (Å²) >= 11 is 0. The van der Waals surface area contributed by atoms with E-state index in [4.69, 9.17) is 19.4 Å². The average Bonchev–Trinajstić information content (AvgIpc) is 3.55. The molecule has 1 aliphatic carbocycles. The molecule has 1 aromatic heterocycles. The van der Waals surface area contributed by atoms with Gasteiger partial charge in [-0.3, -0.25) is 0 Å². The monoisotopic (exact) mass is 405 g/mol. The first kappa shape index (κ1) is 20.5. The summed E-state index contributed by atoms with van der Waals surface area (Å²) in [5.74, 6) is 4.48. The summed E-state index contributed by atoms with van der Waals surface area (Å²) in [6.45, 7) is 5.98. The van der Waals surface area contributed by atoms with E-state index >= 15 is 0 Å². The van der Waals surface area contributed by atoms with Gasteiger partial charge >= 0.3 is 0 Å². The Morgan fingerprint density at radius 1 is 0.867 bits per heavy atom. The van der Waals surface area contributed by atoms with Gasteiger partial charge in [0.15, 0.2) is 11.5 Å². The van der Waals surface area contributed by atoms with Gasteiger partial charge in [0, 0.05) is 36.4 Å². The van der Waals surface area contributed by atoms with Gasteiger partial charge in [0.05, 0.1) is 19.7 Å². The van der Waals surface area contributed by atoms with E-state index in [-0.39, 0.29) is 0 Å². The SMILES string of the molecule is CC.COc1cc2nc(C3CC3)nc(N3CCC(c4ccccc4)C3)c2cc1OC. The standard InChI is InChI=1S/C23H25N3O2.C2H6/c1-27-20-12-18-19(13-21(20)28-2)24-22(16-8-9-16)25-23(18)26-11-10-17(14-26)15-6-4-3-5-7-15;1-2/h3-7,12-13,16-17H,8-11,14H2,1-2H3;1-2H3. The van der Waals surface area contributed by atoms with Gasteiger partial charge in [-0.15, -0.1) is 0 Å². The number of ether oxygens (including phenoxy) is 2. The molecule has 1 aliphatic heterocycles. The van der Waals surface area contributed by atoms with Crippen molar-refractivity contribution in [1.82, 2.24) is 9.97 Å². The summed E-state index contributed by atoms with van der Waals surface area (Å²) < 4.78 is 11.0. The highest BCUT2D eigenvalue weighted by molar-refractivity contribution is 5.92. The topological polar surface area (TPSA) is 47.5 Å². The molecular formula is C25H31N3O2. The van der Waals surface area contributed by atoms with Crippen LogP contribution in [0, 0.1) is 0 Å². The average molecular weight is 406 g/mol. The van der Waals surface area contributed by atoms with Crippen molar-refractivity contribution in [1.29, 1.82) is 0 Å². The van der Waals surface area contributed by atoms with Gasteiger partial charge in [-0.1, -0.05) is 44.2 Å². The number of aromatic nitrogens is 2. The first-order valence-corrected chi connectivity index (χ1v) is 11.0. The molecule has 5 nitrogen and oxygen atoms in total. The molecule has 1 unspecified atom stereocenters. The molecule has 30 heavy (non-hydrogen) atoms. The Morgan fingerprint density at radius 3 is 2.23 bits per heavy atom. The van der Waals surface area contributed by atoms with E-state index < -0.39 is 0 Å². The van der Waals surface area contributed by atoms with E-state index in [1.165, 1.54) is 18.4 Å². The van der Waals surface area contributed by atoms with Gasteiger partial charge in [-0.2, -0.15) is 0 Å². The van der Waals surface area contributed by atoms with Crippen LogP contribution in [0.4, 0.5) is 5.82 Å². The van der Waals surface area contributed by atoms with Crippen LogP contribution in [-0.2, 0) is 0 Å². The maximum atomic E-state index is 5.54. The molecule has 2 heterocycles. The molecule has 0 radical (unpaired) electrons. The Kier molecular flexibility index (Phi) is 6.07. The largest absolute Gasteiger partial charge is 0.493 e. The van der Waals surface area contributed by atoms with Crippen molar-refractivity contribution in [2.75, 3.05) is 32.2 Å². The van der Waals surface area contributed by atoms with Crippen molar-refractivity contribution < 1.29 is 9.47 Å². The van der Waals surface area contributed by atoms with Crippen LogP contribution in [0.25, 0.3) is 10.9 Å². The highest BCUT2D eigenvalue weighted by Crippen LogP contribution is 2.42. The fourth-order valence-corrected chi connectivity index (χ4v) is 4.17. The molecule has 2 aliphatic rings. The molecule has 5 rings (SSSR count). The summed E-state index contributed by atoms with van der Waals surface area (Å²) in [5.41, 5.74) is 2.35. The predicted molar refractivity (Wildman–Crippen MR) is 122 cm³/mol. The van der Waals surface area contributed by atoms with Crippen LogP contribution < -0.4 is 14.4 Å². The summed E-state index contributed by atoms with van der Waals surface area (Å²) in [5, 5.41) is 1.04. The van der Waals surface area contributed by atoms with Crippen LogP contribution in [0.15, 0.2) is 42.5 Å². The lowest BCUT2D eigenvalue weighted by Crippen LogP contribution is -2.21. The molecular weight excluding hydrogens is 374 g/mol. The van der Waals surface area contributed by atoms with Crippen molar-refractivity contribution in [2.24, 2.45) is 0 Å². The van der Waals surface area contributed by atoms with Crippen molar-refractivity contribution in [3.8, 4) is 11.5 Å². The summed E-state index contributed by atoms with van der Waals surface area (Å²) in [6.07, 6.45) is 3.51. The second kappa shape index (κ2) is 8.90. The summed E-state index contributed by atoms with van der Waals surface area (Å²) in [7, 11) is 3.34. The van der Waals surface area contributed by atoms with E-state index in [0.717, 1.165) is 47.8 Å². The Morgan fingerprint density at radius 2 is 1.57 bits per heavy atom. The van der Waals surface area contributed by atoms with Crippen LogP contribution in [-0.4, -0.2) is 37.3 Å². The second-order valence-electron chi connectivity index (χ2n) is 7.75. The van der Waals surface area contributed by atoms with E-state index in [1.54, 1.807) is 14.2 Å². The van der Waals surface area contributed by atoms with Crippen molar-refractivity contribution in [3.63, 3.8) is 0 Å². The number of methoxy groups -OCH3 is 2. The van der Waals surface area contributed by atoms with E-state index in [0.29, 0.717) is 17.6 Å². The zero-order chi connectivity index (χ0) is 21.1. The lowest BCUT2D eigenvalue weighted by atomic mass is 9.99. The quantitative estimate of drug-likeness (QED) is 0.557. The lowest BCUT2D eigenvalue weighted by molar-refractivity contribution is 0.355. The Labute approximate surface area is 179 Å². The first-order valence-electron chi connectivity index (χ1n) is 11.0. The van der Waals surface area contributed by atoms with E-state index in [1.807, 2.05) is 26.0 Å². The molecule has 1 saturated heterocycles. The molecule has 0 amide bonds. The molecule has 2 aromatic carbocycles. The number of rotatable bonds is 5.